The molecule has 1 heterocycles. The third-order valence-electron chi connectivity index (χ3n) is 5.09. The molecule has 29 heavy (non-hydrogen) atoms. The summed E-state index contributed by atoms with van der Waals surface area (Å²) in [7, 11) is 0. The zero-order valence-corrected chi connectivity index (χ0v) is 17.5. The van der Waals surface area contributed by atoms with Crippen molar-refractivity contribution in [1.82, 2.24) is 9.99 Å². The molecular weight excluding hydrogens is 360 g/mol. The summed E-state index contributed by atoms with van der Waals surface area (Å²) in [5.41, 5.74) is 8.34. The van der Waals surface area contributed by atoms with Gasteiger partial charge in [0, 0.05) is 35.9 Å². The minimum absolute atomic E-state index is 0.212. The zero-order valence-electron chi connectivity index (χ0n) is 17.5. The van der Waals surface area contributed by atoms with Gasteiger partial charge in [0.15, 0.2) is 0 Å². The lowest BCUT2D eigenvalue weighted by Gasteiger charge is -2.20. The van der Waals surface area contributed by atoms with Crippen molar-refractivity contribution in [2.75, 3.05) is 18.0 Å². The summed E-state index contributed by atoms with van der Waals surface area (Å²) >= 11 is 0. The molecule has 3 aromatic rings. The highest BCUT2D eigenvalue weighted by atomic mass is 16.2. The molecule has 0 atom stereocenters. The number of rotatable bonds is 7. The van der Waals surface area contributed by atoms with Crippen LogP contribution >= 0.6 is 0 Å². The largest absolute Gasteiger partial charge is 0.372 e. The molecule has 0 saturated heterocycles. The van der Waals surface area contributed by atoms with Gasteiger partial charge in [-0.05, 0) is 63.6 Å². The number of amides is 1. The van der Waals surface area contributed by atoms with Gasteiger partial charge in [0.2, 0.25) is 0 Å². The van der Waals surface area contributed by atoms with Crippen molar-refractivity contribution in [2.45, 2.75) is 27.7 Å². The minimum atomic E-state index is -0.212. The number of hydrogen-bond acceptors (Lipinski definition) is 3. The monoisotopic (exact) mass is 388 g/mol. The molecule has 150 valence electrons. The normalized spacial score (nSPS) is 11.0. The third-order valence-corrected chi connectivity index (χ3v) is 5.09. The molecule has 1 aromatic heterocycles. The number of nitrogens with zero attached hydrogens (tertiary/aromatic N) is 3. The molecule has 0 aliphatic carbocycles. The van der Waals surface area contributed by atoms with Gasteiger partial charge in [0.25, 0.3) is 5.91 Å². The lowest BCUT2D eigenvalue weighted by atomic mass is 10.2. The quantitative estimate of drug-likeness (QED) is 0.471. The van der Waals surface area contributed by atoms with Crippen LogP contribution in [-0.4, -0.2) is 29.8 Å². The van der Waals surface area contributed by atoms with Gasteiger partial charge in [-0.2, -0.15) is 5.10 Å². The second-order valence-electron chi connectivity index (χ2n) is 6.92. The fourth-order valence-corrected chi connectivity index (χ4v) is 3.55. The van der Waals surface area contributed by atoms with E-state index in [0.717, 1.165) is 35.7 Å². The molecule has 0 spiro atoms. The molecule has 0 aliphatic heterocycles. The van der Waals surface area contributed by atoms with Crippen LogP contribution in [0.1, 0.15) is 41.2 Å². The SMILES string of the molecule is CCN(CC)c1ccc(/C=N\NC(=O)c2cc(C)n(-c3ccccc3)c2C)cc1. The maximum Gasteiger partial charge on any atom is 0.273 e. The number of nitrogens with one attached hydrogen (secondary N) is 1. The van der Waals surface area contributed by atoms with E-state index in [-0.39, 0.29) is 5.91 Å². The lowest BCUT2D eigenvalue weighted by Crippen LogP contribution is -2.21. The van der Waals surface area contributed by atoms with Gasteiger partial charge < -0.3 is 9.47 Å². The third kappa shape index (κ3) is 4.57. The van der Waals surface area contributed by atoms with Crippen LogP contribution in [-0.2, 0) is 0 Å². The highest BCUT2D eigenvalue weighted by Gasteiger charge is 2.16. The van der Waals surface area contributed by atoms with Crippen molar-refractivity contribution < 1.29 is 4.79 Å². The second kappa shape index (κ2) is 9.24. The molecule has 5 heteroatoms. The van der Waals surface area contributed by atoms with Crippen LogP contribution in [0.25, 0.3) is 5.69 Å². The van der Waals surface area contributed by atoms with Crippen LogP contribution in [0, 0.1) is 13.8 Å². The zero-order chi connectivity index (χ0) is 20.8. The van der Waals surface area contributed by atoms with E-state index in [0.29, 0.717) is 5.56 Å². The van der Waals surface area contributed by atoms with Crippen LogP contribution in [0.5, 0.6) is 0 Å². The van der Waals surface area contributed by atoms with Crippen molar-refractivity contribution in [1.29, 1.82) is 0 Å². The Morgan fingerprint density at radius 3 is 2.31 bits per heavy atom. The first kappa shape index (κ1) is 20.4. The molecule has 5 nitrogen and oxygen atoms in total. The lowest BCUT2D eigenvalue weighted by molar-refractivity contribution is 0.0954. The Bertz CT molecular complexity index is 984. The molecule has 0 radical (unpaired) electrons. The molecule has 0 fully saturated rings. The highest BCUT2D eigenvalue weighted by Crippen LogP contribution is 2.20. The van der Waals surface area contributed by atoms with Crippen LogP contribution in [0.3, 0.4) is 0 Å². The van der Waals surface area contributed by atoms with Crippen LogP contribution in [0.4, 0.5) is 5.69 Å². The number of aromatic nitrogens is 1. The van der Waals surface area contributed by atoms with Crippen LogP contribution in [0.2, 0.25) is 0 Å². The van der Waals surface area contributed by atoms with Gasteiger partial charge in [0.1, 0.15) is 0 Å². The van der Waals surface area contributed by atoms with Crippen LogP contribution in [0.15, 0.2) is 65.8 Å². The predicted molar refractivity (Wildman–Crippen MR) is 120 cm³/mol. The van der Waals surface area contributed by atoms with Crippen molar-refractivity contribution in [3.8, 4) is 5.69 Å². The molecule has 1 N–H and O–H groups in total. The molecule has 0 unspecified atom stereocenters. The van der Waals surface area contributed by atoms with Crippen molar-refractivity contribution in [2.24, 2.45) is 5.10 Å². The van der Waals surface area contributed by atoms with E-state index in [4.69, 9.17) is 0 Å². The Morgan fingerprint density at radius 2 is 1.69 bits per heavy atom. The number of aryl methyl sites for hydroxylation is 1. The Balaban J connectivity index is 1.70. The minimum Gasteiger partial charge on any atom is -0.372 e. The molecule has 0 bridgehead atoms. The topological polar surface area (TPSA) is 49.6 Å². The van der Waals surface area contributed by atoms with E-state index in [1.54, 1.807) is 6.21 Å². The number of carbonyl (C=O) groups excluding carboxylic acids is 1. The van der Waals surface area contributed by atoms with Gasteiger partial charge in [-0.3, -0.25) is 4.79 Å². The molecule has 3 rings (SSSR count). The predicted octanol–water partition coefficient (Wildman–Crippen LogP) is 4.70. The summed E-state index contributed by atoms with van der Waals surface area (Å²) in [5, 5.41) is 4.14. The summed E-state index contributed by atoms with van der Waals surface area (Å²) in [5.74, 6) is -0.212. The van der Waals surface area contributed by atoms with Crippen molar-refractivity contribution >= 4 is 17.8 Å². The highest BCUT2D eigenvalue weighted by molar-refractivity contribution is 5.96. The maximum atomic E-state index is 12.6. The fraction of sp³-hybridized carbons (Fsp3) is 0.250. The Morgan fingerprint density at radius 1 is 1.03 bits per heavy atom. The Labute approximate surface area is 172 Å². The first-order valence-electron chi connectivity index (χ1n) is 9.98. The first-order chi connectivity index (χ1) is 14.0. The summed E-state index contributed by atoms with van der Waals surface area (Å²) in [6.07, 6.45) is 1.67. The standard InChI is InChI=1S/C24H28N4O/c1-5-27(6-2)21-14-12-20(13-15-21)17-25-26-24(29)23-16-18(3)28(19(23)4)22-10-8-7-9-11-22/h7-17H,5-6H2,1-4H3,(H,26,29)/b25-17-. The van der Waals surface area contributed by atoms with E-state index < -0.39 is 0 Å². The van der Waals surface area contributed by atoms with Crippen molar-refractivity contribution in [3.63, 3.8) is 0 Å². The molecule has 0 saturated carbocycles. The van der Waals surface area contributed by atoms with E-state index in [1.165, 1.54) is 5.69 Å². The number of carbonyl (C=O) groups is 1. The van der Waals surface area contributed by atoms with E-state index in [1.807, 2.05) is 62.4 Å². The van der Waals surface area contributed by atoms with E-state index in [9.17, 15) is 4.79 Å². The molecular formula is C24H28N4O. The summed E-state index contributed by atoms with van der Waals surface area (Å²) in [6.45, 7) is 10.2. The number of hydrogen-bond donors (Lipinski definition) is 1. The maximum absolute atomic E-state index is 12.6. The van der Waals surface area contributed by atoms with E-state index in [2.05, 4.69) is 46.0 Å². The van der Waals surface area contributed by atoms with Gasteiger partial charge in [-0.1, -0.05) is 30.3 Å². The molecule has 0 aliphatic rings. The van der Waals surface area contributed by atoms with Gasteiger partial charge >= 0.3 is 0 Å². The van der Waals surface area contributed by atoms with Gasteiger partial charge in [-0.25, -0.2) is 5.43 Å². The second-order valence-corrected chi connectivity index (χ2v) is 6.92. The Kier molecular flexibility index (Phi) is 6.50. The number of hydrazone groups is 1. The average molecular weight is 389 g/mol. The number of benzene rings is 2. The van der Waals surface area contributed by atoms with Crippen LogP contribution < -0.4 is 10.3 Å². The molecule has 1 amide bonds. The number of anilines is 1. The smallest absolute Gasteiger partial charge is 0.273 e. The van der Waals surface area contributed by atoms with Crippen molar-refractivity contribution in [3.05, 3.63) is 83.2 Å². The summed E-state index contributed by atoms with van der Waals surface area (Å²) in [6, 6.07) is 20.1. The fourth-order valence-electron chi connectivity index (χ4n) is 3.55. The Hall–Kier alpha value is -3.34. The number of para-hydroxylation sites is 1. The molecule has 2 aromatic carbocycles. The van der Waals surface area contributed by atoms with Gasteiger partial charge in [-0.15, -0.1) is 0 Å². The van der Waals surface area contributed by atoms with Gasteiger partial charge in [0.05, 0.1) is 11.8 Å². The first-order valence-corrected chi connectivity index (χ1v) is 9.98. The summed E-state index contributed by atoms with van der Waals surface area (Å²) < 4.78 is 2.07. The summed E-state index contributed by atoms with van der Waals surface area (Å²) in [4.78, 5) is 14.9. The average Bonchev–Trinajstić information content (AvgIpc) is 3.04. The van der Waals surface area contributed by atoms with E-state index >= 15 is 0 Å².